The Morgan fingerprint density at radius 2 is 0.913 bits per heavy atom. The first-order chi connectivity index (χ1) is 21.5. The van der Waals surface area contributed by atoms with Crippen LogP contribution in [-0.2, 0) is 20.2 Å². The number of rotatable bonds is 10. The van der Waals surface area contributed by atoms with Crippen LogP contribution in [0.1, 0.15) is 31.8 Å². The summed E-state index contributed by atoms with van der Waals surface area (Å²) >= 11 is 0. The van der Waals surface area contributed by atoms with Crippen molar-refractivity contribution >= 4 is 67.1 Å². The molecule has 0 fully saturated rings. The van der Waals surface area contributed by atoms with Crippen molar-refractivity contribution in [2.75, 3.05) is 0 Å². The standard InChI is InChI=1S/C28H20N4O12S2/c33-23-11-17(27(35)36)5-9-21(23)31-29-19-7-3-15(25(13-19)45(39,40)41)1-2-16-4-8-20(14-26(16)46(42,43)44)30-32-22-10-6-18(28(37)38)12-24(22)34/h1-14,33-34H,(H,35,36)(H,37,38)(H,39,40,41)(H,42,43,44). The van der Waals surface area contributed by atoms with Crippen molar-refractivity contribution in [2.45, 2.75) is 9.79 Å². The summed E-state index contributed by atoms with van der Waals surface area (Å²) in [5.74, 6) is -3.58. The molecule has 6 N–H and O–H groups in total. The zero-order valence-corrected chi connectivity index (χ0v) is 24.5. The number of aromatic carboxylic acids is 2. The van der Waals surface area contributed by atoms with Crippen molar-refractivity contribution in [3.8, 4) is 11.5 Å². The summed E-state index contributed by atoms with van der Waals surface area (Å²) in [4.78, 5) is 20.7. The summed E-state index contributed by atoms with van der Waals surface area (Å²) in [5, 5.41) is 53.1. The summed E-state index contributed by atoms with van der Waals surface area (Å²) in [5.41, 5.74) is -1.11. The molecule has 16 nitrogen and oxygen atoms in total. The average Bonchev–Trinajstić information content (AvgIpc) is 2.98. The molecule has 0 aliphatic heterocycles. The monoisotopic (exact) mass is 668 g/mol. The number of benzene rings is 4. The summed E-state index contributed by atoms with van der Waals surface area (Å²) in [6.07, 6.45) is 2.27. The maximum Gasteiger partial charge on any atom is 0.335 e. The Hall–Kier alpha value is -5.82. The first-order valence-corrected chi connectivity index (χ1v) is 15.3. The quantitative estimate of drug-likeness (QED) is 0.0646. The van der Waals surface area contributed by atoms with Crippen LogP contribution in [0.4, 0.5) is 22.7 Å². The molecule has 4 aromatic rings. The van der Waals surface area contributed by atoms with Gasteiger partial charge in [-0.1, -0.05) is 24.3 Å². The molecule has 236 valence electrons. The van der Waals surface area contributed by atoms with E-state index < -0.39 is 53.5 Å². The van der Waals surface area contributed by atoms with E-state index in [0.29, 0.717) is 0 Å². The lowest BCUT2D eigenvalue weighted by Gasteiger charge is -2.06. The van der Waals surface area contributed by atoms with Gasteiger partial charge in [0.2, 0.25) is 0 Å². The van der Waals surface area contributed by atoms with E-state index in [2.05, 4.69) is 20.5 Å². The van der Waals surface area contributed by atoms with Gasteiger partial charge >= 0.3 is 11.9 Å². The summed E-state index contributed by atoms with van der Waals surface area (Å²) in [6.45, 7) is 0. The highest BCUT2D eigenvalue weighted by Gasteiger charge is 2.18. The van der Waals surface area contributed by atoms with Gasteiger partial charge in [0.05, 0.1) is 22.5 Å². The Labute approximate surface area is 259 Å². The molecule has 46 heavy (non-hydrogen) atoms. The normalized spacial score (nSPS) is 12.3. The van der Waals surface area contributed by atoms with Crippen molar-refractivity contribution in [3.63, 3.8) is 0 Å². The van der Waals surface area contributed by atoms with Crippen molar-refractivity contribution < 1.29 is 56.0 Å². The van der Waals surface area contributed by atoms with Crippen LogP contribution < -0.4 is 0 Å². The molecule has 0 atom stereocenters. The van der Waals surface area contributed by atoms with E-state index in [1.54, 1.807) is 0 Å². The number of carbonyl (C=O) groups is 2. The van der Waals surface area contributed by atoms with E-state index >= 15 is 0 Å². The van der Waals surface area contributed by atoms with Gasteiger partial charge in [-0.15, -0.1) is 10.2 Å². The third-order valence-corrected chi connectivity index (χ3v) is 7.80. The molecule has 0 bridgehead atoms. The fourth-order valence-corrected chi connectivity index (χ4v) is 5.18. The number of azo groups is 2. The van der Waals surface area contributed by atoms with E-state index in [1.807, 2.05) is 0 Å². The predicted octanol–water partition coefficient (Wildman–Crippen LogP) is 5.99. The number of phenolic OH excluding ortho intramolecular Hbond substituents is 2. The fraction of sp³-hybridized carbons (Fsp3) is 0. The van der Waals surface area contributed by atoms with E-state index in [0.717, 1.165) is 48.6 Å². The average molecular weight is 669 g/mol. The van der Waals surface area contributed by atoms with Gasteiger partial charge in [0.15, 0.2) is 0 Å². The molecule has 0 aliphatic carbocycles. The van der Waals surface area contributed by atoms with Crippen molar-refractivity contribution in [2.24, 2.45) is 20.5 Å². The highest BCUT2D eigenvalue weighted by atomic mass is 32.2. The molecule has 0 radical (unpaired) electrons. The second kappa shape index (κ2) is 13.0. The van der Waals surface area contributed by atoms with Crippen molar-refractivity contribution in [3.05, 3.63) is 95.1 Å². The SMILES string of the molecule is O=C(O)c1ccc(N=Nc2ccc(C=Cc3ccc(N=Nc4ccc(C(=O)O)cc4O)cc3S(=O)(=O)O)c(S(=O)(=O)O)c2)c(O)c1. The third-order valence-electron chi connectivity index (χ3n) is 5.98. The van der Waals surface area contributed by atoms with Crippen LogP contribution in [0.15, 0.2) is 103 Å². The minimum Gasteiger partial charge on any atom is -0.506 e. The van der Waals surface area contributed by atoms with Gasteiger partial charge in [-0.3, -0.25) is 9.11 Å². The van der Waals surface area contributed by atoms with Gasteiger partial charge in [-0.2, -0.15) is 27.1 Å². The number of carboxylic acid groups (broad SMARTS) is 2. The topological polar surface area (TPSA) is 273 Å². The number of carboxylic acids is 2. The molecular weight excluding hydrogens is 648 g/mol. The molecule has 0 unspecified atom stereocenters. The lowest BCUT2D eigenvalue weighted by atomic mass is 10.1. The molecular formula is C28H20N4O12S2. The molecule has 18 heteroatoms. The number of aromatic hydroxyl groups is 2. The Bertz CT molecular complexity index is 2040. The number of hydrogen-bond donors (Lipinski definition) is 6. The van der Waals surface area contributed by atoms with Gasteiger partial charge in [0, 0.05) is 0 Å². The maximum atomic E-state index is 12.1. The number of nitrogens with zero attached hydrogens (tertiary/aromatic N) is 4. The third kappa shape index (κ3) is 8.01. The number of phenols is 2. The smallest absolute Gasteiger partial charge is 0.335 e. The molecule has 0 saturated heterocycles. The van der Waals surface area contributed by atoms with Gasteiger partial charge in [-0.25, -0.2) is 9.59 Å². The maximum absolute atomic E-state index is 12.1. The van der Waals surface area contributed by atoms with E-state index in [1.165, 1.54) is 36.4 Å². The van der Waals surface area contributed by atoms with Gasteiger partial charge in [-0.05, 0) is 71.8 Å². The van der Waals surface area contributed by atoms with E-state index in [4.69, 9.17) is 10.2 Å². The Morgan fingerprint density at radius 3 is 1.22 bits per heavy atom. The first kappa shape index (κ1) is 33.1. The van der Waals surface area contributed by atoms with Crippen LogP contribution in [0, 0.1) is 0 Å². The van der Waals surface area contributed by atoms with E-state index in [-0.39, 0.29) is 45.0 Å². The molecule has 4 aromatic carbocycles. The summed E-state index contributed by atoms with van der Waals surface area (Å²) in [7, 11) is -9.74. The van der Waals surface area contributed by atoms with Crippen LogP contribution in [0.2, 0.25) is 0 Å². The van der Waals surface area contributed by atoms with Crippen LogP contribution in [0.25, 0.3) is 12.2 Å². The second-order valence-electron chi connectivity index (χ2n) is 9.15. The minimum atomic E-state index is -4.87. The van der Waals surface area contributed by atoms with Crippen LogP contribution in [-0.4, -0.2) is 58.3 Å². The Kier molecular flexibility index (Phi) is 9.38. The van der Waals surface area contributed by atoms with Gasteiger partial charge in [0.1, 0.15) is 32.7 Å². The lowest BCUT2D eigenvalue weighted by molar-refractivity contribution is 0.0686. The first-order valence-electron chi connectivity index (χ1n) is 12.4. The predicted molar refractivity (Wildman–Crippen MR) is 160 cm³/mol. The molecule has 4 rings (SSSR count). The molecule has 0 aliphatic rings. The zero-order chi connectivity index (χ0) is 33.8. The van der Waals surface area contributed by atoms with Gasteiger partial charge in [0.25, 0.3) is 20.2 Å². The minimum absolute atomic E-state index is 0.0940. The zero-order valence-electron chi connectivity index (χ0n) is 22.8. The van der Waals surface area contributed by atoms with Crippen LogP contribution >= 0.6 is 0 Å². The van der Waals surface area contributed by atoms with Crippen LogP contribution in [0.3, 0.4) is 0 Å². The fourth-order valence-electron chi connectivity index (χ4n) is 3.78. The Balaban J connectivity index is 1.65. The molecule has 0 aromatic heterocycles. The summed E-state index contributed by atoms with van der Waals surface area (Å²) in [6, 6.07) is 13.4. The highest BCUT2D eigenvalue weighted by molar-refractivity contribution is 7.86. The van der Waals surface area contributed by atoms with Gasteiger partial charge < -0.3 is 20.4 Å². The van der Waals surface area contributed by atoms with Crippen molar-refractivity contribution in [1.29, 1.82) is 0 Å². The second-order valence-corrected chi connectivity index (χ2v) is 11.9. The highest BCUT2D eigenvalue weighted by Crippen LogP contribution is 2.33. The molecule has 0 heterocycles. The molecule has 0 amide bonds. The van der Waals surface area contributed by atoms with E-state index in [9.17, 15) is 45.7 Å². The lowest BCUT2D eigenvalue weighted by Crippen LogP contribution is -2.01. The summed E-state index contributed by atoms with van der Waals surface area (Å²) < 4.78 is 68.1. The Morgan fingerprint density at radius 1 is 0.543 bits per heavy atom. The van der Waals surface area contributed by atoms with Crippen LogP contribution in [0.5, 0.6) is 11.5 Å². The van der Waals surface area contributed by atoms with Crippen molar-refractivity contribution in [1.82, 2.24) is 0 Å². The largest absolute Gasteiger partial charge is 0.506 e. The molecule has 0 spiro atoms. The number of hydrogen-bond acceptors (Lipinski definition) is 12. The molecule has 0 saturated carbocycles.